The second-order valence-electron chi connectivity index (χ2n) is 7.09. The second-order valence-corrected chi connectivity index (χ2v) is 7.09. The SMILES string of the molecule is O=C(NC1CCCC1)C1CC(=O)N(CCC2=CCCCC2)C1. The molecule has 1 saturated carbocycles. The number of carbonyl (C=O) groups excluding carboxylic acids is 2. The number of likely N-dealkylation sites (tertiary alicyclic amines) is 1. The topological polar surface area (TPSA) is 49.4 Å². The molecule has 1 N–H and O–H groups in total. The quantitative estimate of drug-likeness (QED) is 0.794. The molecule has 4 heteroatoms. The molecular formula is C18H28N2O2. The lowest BCUT2D eigenvalue weighted by Gasteiger charge is -2.20. The Labute approximate surface area is 133 Å². The molecule has 1 unspecified atom stereocenters. The Kier molecular flexibility index (Phi) is 5.16. The summed E-state index contributed by atoms with van der Waals surface area (Å²) >= 11 is 0. The first-order valence-corrected chi connectivity index (χ1v) is 8.98. The molecule has 3 aliphatic rings. The van der Waals surface area contributed by atoms with Gasteiger partial charge in [0.05, 0.1) is 5.92 Å². The zero-order valence-electron chi connectivity index (χ0n) is 13.5. The standard InChI is InChI=1S/C18H28N2O2/c21-17-12-15(18(22)19-16-8-4-5-9-16)13-20(17)11-10-14-6-2-1-3-7-14/h6,15-16H,1-5,7-13H2,(H,19,22). The normalized spacial score (nSPS) is 26.4. The minimum Gasteiger partial charge on any atom is -0.353 e. The fraction of sp³-hybridized carbons (Fsp3) is 0.778. The number of carbonyl (C=O) groups is 2. The highest BCUT2D eigenvalue weighted by Crippen LogP contribution is 2.24. The Morgan fingerprint density at radius 2 is 2.05 bits per heavy atom. The van der Waals surface area contributed by atoms with E-state index in [0.717, 1.165) is 25.8 Å². The molecular weight excluding hydrogens is 276 g/mol. The van der Waals surface area contributed by atoms with Gasteiger partial charge in [-0.3, -0.25) is 9.59 Å². The molecule has 122 valence electrons. The third-order valence-corrected chi connectivity index (χ3v) is 5.37. The predicted molar refractivity (Wildman–Crippen MR) is 86.3 cm³/mol. The number of rotatable bonds is 5. The van der Waals surface area contributed by atoms with Crippen LogP contribution >= 0.6 is 0 Å². The van der Waals surface area contributed by atoms with Crippen molar-refractivity contribution >= 4 is 11.8 Å². The van der Waals surface area contributed by atoms with Crippen molar-refractivity contribution in [2.24, 2.45) is 5.92 Å². The van der Waals surface area contributed by atoms with Crippen LogP contribution in [0.2, 0.25) is 0 Å². The van der Waals surface area contributed by atoms with E-state index in [9.17, 15) is 9.59 Å². The van der Waals surface area contributed by atoms with Gasteiger partial charge in [0.25, 0.3) is 0 Å². The maximum atomic E-state index is 12.3. The van der Waals surface area contributed by atoms with Crippen LogP contribution in [0.25, 0.3) is 0 Å². The maximum Gasteiger partial charge on any atom is 0.225 e. The number of hydrogen-bond donors (Lipinski definition) is 1. The molecule has 0 aromatic heterocycles. The smallest absolute Gasteiger partial charge is 0.225 e. The lowest BCUT2D eigenvalue weighted by atomic mass is 9.97. The van der Waals surface area contributed by atoms with E-state index in [0.29, 0.717) is 19.0 Å². The summed E-state index contributed by atoms with van der Waals surface area (Å²) in [5, 5.41) is 3.14. The van der Waals surface area contributed by atoms with Crippen LogP contribution in [-0.2, 0) is 9.59 Å². The molecule has 0 aromatic rings. The largest absolute Gasteiger partial charge is 0.353 e. The molecule has 1 heterocycles. The van der Waals surface area contributed by atoms with E-state index in [2.05, 4.69) is 11.4 Å². The first-order valence-electron chi connectivity index (χ1n) is 8.98. The minimum atomic E-state index is -0.131. The lowest BCUT2D eigenvalue weighted by molar-refractivity contribution is -0.129. The molecule has 1 saturated heterocycles. The van der Waals surface area contributed by atoms with Gasteiger partial charge in [-0.2, -0.15) is 0 Å². The highest BCUT2D eigenvalue weighted by molar-refractivity contribution is 5.89. The third-order valence-electron chi connectivity index (χ3n) is 5.37. The van der Waals surface area contributed by atoms with Crippen molar-refractivity contribution in [3.8, 4) is 0 Å². The van der Waals surface area contributed by atoms with Gasteiger partial charge in [-0.1, -0.05) is 24.5 Å². The summed E-state index contributed by atoms with van der Waals surface area (Å²) in [6, 6.07) is 0.351. The number of amides is 2. The third kappa shape index (κ3) is 3.90. The molecule has 1 atom stereocenters. The van der Waals surface area contributed by atoms with Crippen molar-refractivity contribution in [3.63, 3.8) is 0 Å². The van der Waals surface area contributed by atoms with Gasteiger partial charge in [0.1, 0.15) is 0 Å². The van der Waals surface area contributed by atoms with E-state index >= 15 is 0 Å². The maximum absolute atomic E-state index is 12.3. The molecule has 2 fully saturated rings. The van der Waals surface area contributed by atoms with Crippen LogP contribution < -0.4 is 5.32 Å². The van der Waals surface area contributed by atoms with E-state index in [1.807, 2.05) is 4.90 Å². The molecule has 3 rings (SSSR count). The zero-order chi connectivity index (χ0) is 15.4. The Morgan fingerprint density at radius 1 is 1.23 bits per heavy atom. The summed E-state index contributed by atoms with van der Waals surface area (Å²) in [4.78, 5) is 26.3. The molecule has 0 spiro atoms. The summed E-state index contributed by atoms with van der Waals surface area (Å²) in [5.41, 5.74) is 1.50. The lowest BCUT2D eigenvalue weighted by Crippen LogP contribution is -2.38. The summed E-state index contributed by atoms with van der Waals surface area (Å²) < 4.78 is 0. The van der Waals surface area contributed by atoms with Crippen molar-refractivity contribution < 1.29 is 9.59 Å². The Bertz CT molecular complexity index is 452. The van der Waals surface area contributed by atoms with Crippen LogP contribution in [0.3, 0.4) is 0 Å². The predicted octanol–water partition coefficient (Wildman–Crippen LogP) is 2.78. The van der Waals surface area contributed by atoms with Gasteiger partial charge < -0.3 is 10.2 Å². The van der Waals surface area contributed by atoms with Crippen molar-refractivity contribution in [3.05, 3.63) is 11.6 Å². The summed E-state index contributed by atoms with van der Waals surface area (Å²) in [5.74, 6) is 0.121. The van der Waals surface area contributed by atoms with Crippen LogP contribution in [-0.4, -0.2) is 35.8 Å². The van der Waals surface area contributed by atoms with Crippen LogP contribution in [0.5, 0.6) is 0 Å². The molecule has 0 radical (unpaired) electrons. The van der Waals surface area contributed by atoms with Gasteiger partial charge in [0, 0.05) is 25.6 Å². The number of nitrogens with one attached hydrogen (secondary N) is 1. The van der Waals surface area contributed by atoms with Gasteiger partial charge in [0.2, 0.25) is 11.8 Å². The fourth-order valence-corrected chi connectivity index (χ4v) is 3.96. The number of nitrogens with zero attached hydrogens (tertiary/aromatic N) is 1. The monoisotopic (exact) mass is 304 g/mol. The highest BCUT2D eigenvalue weighted by atomic mass is 16.2. The fourth-order valence-electron chi connectivity index (χ4n) is 3.96. The minimum absolute atomic E-state index is 0.0969. The van der Waals surface area contributed by atoms with Crippen molar-refractivity contribution in [2.45, 2.75) is 70.3 Å². The van der Waals surface area contributed by atoms with Crippen molar-refractivity contribution in [2.75, 3.05) is 13.1 Å². The Morgan fingerprint density at radius 3 is 2.77 bits per heavy atom. The summed E-state index contributed by atoms with van der Waals surface area (Å²) in [6.07, 6.45) is 13.3. The van der Waals surface area contributed by atoms with E-state index in [1.165, 1.54) is 44.1 Å². The Hall–Kier alpha value is -1.32. The molecule has 1 aliphatic heterocycles. The van der Waals surface area contributed by atoms with E-state index < -0.39 is 0 Å². The van der Waals surface area contributed by atoms with Crippen molar-refractivity contribution in [1.29, 1.82) is 0 Å². The molecule has 0 aromatic carbocycles. The van der Waals surface area contributed by atoms with Gasteiger partial charge in [-0.15, -0.1) is 0 Å². The molecule has 2 amide bonds. The summed E-state index contributed by atoms with van der Waals surface area (Å²) in [7, 11) is 0. The Balaban J connectivity index is 1.45. The average molecular weight is 304 g/mol. The van der Waals surface area contributed by atoms with Gasteiger partial charge in [-0.25, -0.2) is 0 Å². The zero-order valence-corrected chi connectivity index (χ0v) is 13.5. The molecule has 0 bridgehead atoms. The molecule has 22 heavy (non-hydrogen) atoms. The van der Waals surface area contributed by atoms with Crippen LogP contribution in [0, 0.1) is 5.92 Å². The highest BCUT2D eigenvalue weighted by Gasteiger charge is 2.35. The van der Waals surface area contributed by atoms with Gasteiger partial charge >= 0.3 is 0 Å². The van der Waals surface area contributed by atoms with Crippen LogP contribution in [0.1, 0.15) is 64.2 Å². The average Bonchev–Trinajstić information content (AvgIpc) is 3.16. The van der Waals surface area contributed by atoms with Crippen LogP contribution in [0.15, 0.2) is 11.6 Å². The summed E-state index contributed by atoms with van der Waals surface area (Å²) in [6.45, 7) is 1.41. The van der Waals surface area contributed by atoms with Crippen molar-refractivity contribution in [1.82, 2.24) is 10.2 Å². The second kappa shape index (κ2) is 7.30. The van der Waals surface area contributed by atoms with E-state index in [-0.39, 0.29) is 17.7 Å². The number of allylic oxidation sites excluding steroid dienone is 1. The van der Waals surface area contributed by atoms with Gasteiger partial charge in [0.15, 0.2) is 0 Å². The molecule has 2 aliphatic carbocycles. The first kappa shape index (κ1) is 15.6. The van der Waals surface area contributed by atoms with Gasteiger partial charge in [-0.05, 0) is 44.9 Å². The van der Waals surface area contributed by atoms with Crippen LogP contribution in [0.4, 0.5) is 0 Å². The van der Waals surface area contributed by atoms with E-state index in [4.69, 9.17) is 0 Å². The first-order chi connectivity index (χ1) is 10.7. The number of hydrogen-bond acceptors (Lipinski definition) is 2. The molecule has 4 nitrogen and oxygen atoms in total. The van der Waals surface area contributed by atoms with E-state index in [1.54, 1.807) is 0 Å².